The van der Waals surface area contributed by atoms with E-state index in [4.69, 9.17) is 54.0 Å². The average molecular weight is 526 g/mol. The van der Waals surface area contributed by atoms with Gasteiger partial charge in [-0.2, -0.15) is 0 Å². The quantitative estimate of drug-likeness (QED) is 0.337. The Morgan fingerprint density at radius 3 is 2.41 bits per heavy atom. The van der Waals surface area contributed by atoms with Crippen molar-refractivity contribution in [3.63, 3.8) is 0 Å². The van der Waals surface area contributed by atoms with Crippen LogP contribution in [0.2, 0.25) is 15.1 Å². The van der Waals surface area contributed by atoms with Gasteiger partial charge in [0, 0.05) is 24.3 Å². The van der Waals surface area contributed by atoms with E-state index in [0.717, 1.165) is 31.1 Å². The molecular weight excluding hydrogens is 499 g/mol. The molecule has 0 bridgehead atoms. The van der Waals surface area contributed by atoms with E-state index in [1.54, 1.807) is 7.11 Å². The highest BCUT2D eigenvalue weighted by Crippen LogP contribution is 2.46. The smallest absolute Gasteiger partial charge is 0.235 e. The topological polar surface area (TPSA) is 68.7 Å². The van der Waals surface area contributed by atoms with Crippen LogP contribution in [0.4, 0.5) is 11.4 Å². The molecule has 7 nitrogen and oxygen atoms in total. The van der Waals surface area contributed by atoms with E-state index < -0.39 is 0 Å². The van der Waals surface area contributed by atoms with Crippen LogP contribution in [0.3, 0.4) is 0 Å². The number of benzene rings is 1. The first-order chi connectivity index (χ1) is 16.4. The summed E-state index contributed by atoms with van der Waals surface area (Å²) in [5, 5.41) is 5.05. The minimum atomic E-state index is 0.107. The van der Waals surface area contributed by atoms with Crippen LogP contribution in [0.25, 0.3) is 10.9 Å². The van der Waals surface area contributed by atoms with E-state index in [1.807, 2.05) is 31.1 Å². The Morgan fingerprint density at radius 1 is 1.06 bits per heavy atom. The number of nitrogens with zero attached hydrogens (tertiary/aromatic N) is 3. The van der Waals surface area contributed by atoms with Gasteiger partial charge in [-0.3, -0.25) is 4.98 Å². The van der Waals surface area contributed by atoms with Crippen molar-refractivity contribution in [2.45, 2.75) is 31.8 Å². The molecule has 0 unspecified atom stereocenters. The van der Waals surface area contributed by atoms with Gasteiger partial charge in [-0.1, -0.05) is 34.8 Å². The molecule has 1 aliphatic carbocycles. The molecule has 4 rings (SSSR count). The highest BCUT2D eigenvalue weighted by Gasteiger charge is 2.25. The first-order valence-electron chi connectivity index (χ1n) is 11.1. The molecule has 2 heterocycles. The SMILES string of the molecule is COc1ccc2c(Nc3c(Cl)cncc3Cl)c(Cl)c(OCCN(C)C)nc2c1OC1CCCC1. The zero-order valence-electron chi connectivity index (χ0n) is 19.3. The first kappa shape index (κ1) is 24.9. The summed E-state index contributed by atoms with van der Waals surface area (Å²) in [5.41, 5.74) is 1.63. The highest BCUT2D eigenvalue weighted by molar-refractivity contribution is 6.40. The van der Waals surface area contributed by atoms with E-state index in [1.165, 1.54) is 12.4 Å². The Labute approximate surface area is 214 Å². The molecule has 1 fully saturated rings. The van der Waals surface area contributed by atoms with Crippen LogP contribution in [-0.4, -0.2) is 55.3 Å². The summed E-state index contributed by atoms with van der Waals surface area (Å²) < 4.78 is 18.0. The fraction of sp³-hybridized carbons (Fsp3) is 0.417. The van der Waals surface area contributed by atoms with Crippen molar-refractivity contribution >= 4 is 57.1 Å². The number of pyridine rings is 2. The van der Waals surface area contributed by atoms with Crippen LogP contribution in [0.15, 0.2) is 24.5 Å². The number of likely N-dealkylation sites (N-methyl/N-ethyl adjacent to an activating group) is 1. The van der Waals surface area contributed by atoms with Gasteiger partial charge < -0.3 is 24.4 Å². The maximum atomic E-state index is 6.82. The second-order valence-corrected chi connectivity index (χ2v) is 9.57. The van der Waals surface area contributed by atoms with Gasteiger partial charge in [-0.05, 0) is 51.9 Å². The van der Waals surface area contributed by atoms with Crippen LogP contribution < -0.4 is 19.5 Å². The molecule has 0 atom stereocenters. The van der Waals surface area contributed by atoms with Gasteiger partial charge in [0.1, 0.15) is 17.1 Å². The first-order valence-corrected chi connectivity index (χ1v) is 12.2. The lowest BCUT2D eigenvalue weighted by Gasteiger charge is -2.21. The summed E-state index contributed by atoms with van der Waals surface area (Å²) in [5.74, 6) is 1.44. The number of hydrogen-bond donors (Lipinski definition) is 1. The van der Waals surface area contributed by atoms with Crippen molar-refractivity contribution in [1.82, 2.24) is 14.9 Å². The molecule has 0 aliphatic heterocycles. The maximum Gasteiger partial charge on any atom is 0.235 e. The fourth-order valence-corrected chi connectivity index (χ4v) is 4.59. The third kappa shape index (κ3) is 5.38. The molecule has 1 aromatic carbocycles. The van der Waals surface area contributed by atoms with Crippen molar-refractivity contribution < 1.29 is 14.2 Å². The third-order valence-electron chi connectivity index (χ3n) is 5.67. The van der Waals surface area contributed by atoms with E-state index in [9.17, 15) is 0 Å². The van der Waals surface area contributed by atoms with Gasteiger partial charge in [0.05, 0.1) is 34.6 Å². The Balaban J connectivity index is 1.87. The van der Waals surface area contributed by atoms with Crippen molar-refractivity contribution in [2.24, 2.45) is 0 Å². The Morgan fingerprint density at radius 2 is 1.76 bits per heavy atom. The molecule has 10 heteroatoms. The molecular formula is C24H27Cl3N4O3. The lowest BCUT2D eigenvalue weighted by Crippen LogP contribution is -2.20. The van der Waals surface area contributed by atoms with Gasteiger partial charge in [0.15, 0.2) is 11.5 Å². The summed E-state index contributed by atoms with van der Waals surface area (Å²) in [6.07, 6.45) is 7.40. The summed E-state index contributed by atoms with van der Waals surface area (Å²) in [6.45, 7) is 1.11. The largest absolute Gasteiger partial charge is 0.493 e. The van der Waals surface area contributed by atoms with Gasteiger partial charge in [0.2, 0.25) is 5.88 Å². The van der Waals surface area contributed by atoms with Crippen molar-refractivity contribution in [3.05, 3.63) is 39.6 Å². The van der Waals surface area contributed by atoms with E-state index in [0.29, 0.717) is 56.6 Å². The van der Waals surface area contributed by atoms with E-state index >= 15 is 0 Å². The lowest BCUT2D eigenvalue weighted by molar-refractivity contribution is 0.203. The fourth-order valence-electron chi connectivity index (χ4n) is 3.89. The Hall–Kier alpha value is -2.19. The predicted octanol–water partition coefficient (Wildman–Crippen LogP) is 6.60. The number of nitrogens with one attached hydrogen (secondary N) is 1. The zero-order chi connectivity index (χ0) is 24.2. The molecule has 182 valence electrons. The second kappa shape index (κ2) is 11.0. The number of methoxy groups -OCH3 is 1. The van der Waals surface area contributed by atoms with Crippen molar-refractivity contribution in [1.29, 1.82) is 0 Å². The predicted molar refractivity (Wildman–Crippen MR) is 138 cm³/mol. The zero-order valence-corrected chi connectivity index (χ0v) is 21.6. The third-order valence-corrected chi connectivity index (χ3v) is 6.60. The van der Waals surface area contributed by atoms with Crippen molar-refractivity contribution in [2.75, 3.05) is 39.7 Å². The molecule has 2 aromatic heterocycles. The van der Waals surface area contributed by atoms with E-state index in [2.05, 4.69) is 10.3 Å². The summed E-state index contributed by atoms with van der Waals surface area (Å²) >= 11 is 19.6. The van der Waals surface area contributed by atoms with Gasteiger partial charge in [-0.15, -0.1) is 0 Å². The number of anilines is 2. The summed E-state index contributed by atoms with van der Waals surface area (Å²) in [7, 11) is 5.55. The number of halogens is 3. The van der Waals surface area contributed by atoms with Gasteiger partial charge >= 0.3 is 0 Å². The number of hydrogen-bond acceptors (Lipinski definition) is 7. The molecule has 1 saturated carbocycles. The van der Waals surface area contributed by atoms with Gasteiger partial charge in [-0.25, -0.2) is 4.98 Å². The normalized spacial score (nSPS) is 14.1. The molecule has 0 saturated heterocycles. The molecule has 3 aromatic rings. The van der Waals surface area contributed by atoms with E-state index in [-0.39, 0.29) is 12.0 Å². The highest BCUT2D eigenvalue weighted by atomic mass is 35.5. The Bertz CT molecular complexity index is 1150. The molecule has 0 radical (unpaired) electrons. The minimum absolute atomic E-state index is 0.107. The molecule has 1 aliphatic rings. The van der Waals surface area contributed by atoms with Crippen molar-refractivity contribution in [3.8, 4) is 17.4 Å². The summed E-state index contributed by atoms with van der Waals surface area (Å²) in [4.78, 5) is 10.8. The molecule has 0 spiro atoms. The minimum Gasteiger partial charge on any atom is -0.493 e. The molecule has 0 amide bonds. The Kier molecular flexibility index (Phi) is 8.09. The summed E-state index contributed by atoms with van der Waals surface area (Å²) in [6, 6.07) is 3.72. The molecule has 34 heavy (non-hydrogen) atoms. The number of aromatic nitrogens is 2. The second-order valence-electron chi connectivity index (χ2n) is 8.38. The van der Waals surface area contributed by atoms with Crippen LogP contribution in [0, 0.1) is 0 Å². The van der Waals surface area contributed by atoms with Crippen LogP contribution in [0.5, 0.6) is 17.4 Å². The van der Waals surface area contributed by atoms with Crippen LogP contribution >= 0.6 is 34.8 Å². The van der Waals surface area contributed by atoms with Gasteiger partial charge in [0.25, 0.3) is 0 Å². The van der Waals surface area contributed by atoms with Crippen LogP contribution in [-0.2, 0) is 0 Å². The van der Waals surface area contributed by atoms with Crippen LogP contribution in [0.1, 0.15) is 25.7 Å². The number of rotatable bonds is 9. The maximum absolute atomic E-state index is 6.82. The lowest BCUT2D eigenvalue weighted by atomic mass is 10.1. The number of ether oxygens (including phenoxy) is 3. The molecule has 1 N–H and O–H groups in total. The number of fused-ring (bicyclic) bond motifs is 1. The monoisotopic (exact) mass is 524 g/mol. The average Bonchev–Trinajstić information content (AvgIpc) is 3.31. The standard InChI is InChI=1S/C24H27Cl3N4O3/c1-31(2)10-11-33-24-19(27)20(29-22-16(25)12-28-13-17(22)26)15-8-9-18(32-3)23(21(15)30-24)34-14-6-4-5-7-14/h8-9,12-14H,4-7,10-11H2,1-3H3,(H,28,29,30).